The van der Waals surface area contributed by atoms with E-state index < -0.39 is 0 Å². The molecule has 0 fully saturated rings. The summed E-state index contributed by atoms with van der Waals surface area (Å²) in [4.78, 5) is 16.4. The fourth-order valence-electron chi connectivity index (χ4n) is 2.56. The van der Waals surface area contributed by atoms with Crippen molar-refractivity contribution >= 4 is 17.4 Å². The van der Waals surface area contributed by atoms with Crippen LogP contribution in [0.1, 0.15) is 22.3 Å². The van der Waals surface area contributed by atoms with Crippen molar-refractivity contribution in [3.63, 3.8) is 0 Å². The molecule has 0 radical (unpaired) electrons. The molecule has 2 aromatic carbocycles. The van der Waals surface area contributed by atoms with E-state index in [9.17, 15) is 4.79 Å². The van der Waals surface area contributed by atoms with Crippen LogP contribution in [0.2, 0.25) is 0 Å². The van der Waals surface area contributed by atoms with Gasteiger partial charge in [0.25, 0.3) is 0 Å². The van der Waals surface area contributed by atoms with Crippen LogP contribution >= 0.6 is 0 Å². The van der Waals surface area contributed by atoms with Crippen molar-refractivity contribution in [2.24, 2.45) is 0 Å². The number of pyridine rings is 1. The SMILES string of the molecule is Cc1ccc(CNc2ccc(NC(=O)Cc3ccc(C)cc3)nc2)cc1. The first-order valence-electron chi connectivity index (χ1n) is 8.69. The van der Waals surface area contributed by atoms with Crippen LogP contribution in [0.5, 0.6) is 0 Å². The van der Waals surface area contributed by atoms with E-state index in [0.717, 1.165) is 17.8 Å². The molecule has 0 bridgehead atoms. The number of amides is 1. The van der Waals surface area contributed by atoms with Crippen molar-refractivity contribution < 1.29 is 4.79 Å². The van der Waals surface area contributed by atoms with E-state index in [1.54, 1.807) is 6.20 Å². The molecule has 26 heavy (non-hydrogen) atoms. The van der Waals surface area contributed by atoms with Gasteiger partial charge in [0.1, 0.15) is 5.82 Å². The molecule has 4 nitrogen and oxygen atoms in total. The molecular formula is C22H23N3O. The molecule has 3 aromatic rings. The second-order valence-corrected chi connectivity index (χ2v) is 6.48. The van der Waals surface area contributed by atoms with Gasteiger partial charge in [0.15, 0.2) is 0 Å². The monoisotopic (exact) mass is 345 g/mol. The molecule has 0 saturated carbocycles. The highest BCUT2D eigenvalue weighted by Crippen LogP contribution is 2.12. The minimum Gasteiger partial charge on any atom is -0.380 e. The highest BCUT2D eigenvalue weighted by Gasteiger charge is 2.05. The minimum absolute atomic E-state index is 0.0679. The summed E-state index contributed by atoms with van der Waals surface area (Å²) in [6.07, 6.45) is 2.07. The molecule has 0 aliphatic carbocycles. The highest BCUT2D eigenvalue weighted by atomic mass is 16.1. The lowest BCUT2D eigenvalue weighted by Crippen LogP contribution is -2.15. The number of nitrogens with zero attached hydrogens (tertiary/aromatic N) is 1. The summed E-state index contributed by atoms with van der Waals surface area (Å²) in [5, 5.41) is 6.17. The fourth-order valence-corrected chi connectivity index (χ4v) is 2.56. The number of carbonyl (C=O) groups is 1. The number of hydrogen-bond acceptors (Lipinski definition) is 3. The van der Waals surface area contributed by atoms with Gasteiger partial charge in [0, 0.05) is 6.54 Å². The molecule has 0 aliphatic rings. The van der Waals surface area contributed by atoms with Crippen LogP contribution in [0, 0.1) is 13.8 Å². The zero-order valence-corrected chi connectivity index (χ0v) is 15.1. The Morgan fingerprint density at radius 3 is 2.04 bits per heavy atom. The number of benzene rings is 2. The van der Waals surface area contributed by atoms with Crippen LogP contribution in [0.25, 0.3) is 0 Å². The molecule has 0 unspecified atom stereocenters. The van der Waals surface area contributed by atoms with E-state index in [4.69, 9.17) is 0 Å². The third-order valence-electron chi connectivity index (χ3n) is 4.13. The number of aromatic nitrogens is 1. The number of aryl methyl sites for hydroxylation is 2. The minimum atomic E-state index is -0.0679. The van der Waals surface area contributed by atoms with Crippen LogP contribution in [0.3, 0.4) is 0 Å². The van der Waals surface area contributed by atoms with Gasteiger partial charge in [-0.05, 0) is 37.1 Å². The molecule has 1 heterocycles. The van der Waals surface area contributed by atoms with E-state index >= 15 is 0 Å². The Morgan fingerprint density at radius 1 is 0.846 bits per heavy atom. The summed E-state index contributed by atoms with van der Waals surface area (Å²) in [5.41, 5.74) is 5.56. The van der Waals surface area contributed by atoms with Crippen LogP contribution in [-0.2, 0) is 17.8 Å². The number of nitrogens with one attached hydrogen (secondary N) is 2. The smallest absolute Gasteiger partial charge is 0.229 e. The van der Waals surface area contributed by atoms with Crippen molar-refractivity contribution in [1.29, 1.82) is 0 Å². The van der Waals surface area contributed by atoms with Gasteiger partial charge < -0.3 is 10.6 Å². The first-order valence-corrected chi connectivity index (χ1v) is 8.69. The number of hydrogen-bond donors (Lipinski definition) is 2. The van der Waals surface area contributed by atoms with Gasteiger partial charge in [-0.3, -0.25) is 4.79 Å². The van der Waals surface area contributed by atoms with Crippen LogP contribution in [0.15, 0.2) is 66.9 Å². The summed E-state index contributed by atoms with van der Waals surface area (Å²) in [6, 6.07) is 20.1. The largest absolute Gasteiger partial charge is 0.380 e. The molecule has 1 amide bonds. The topological polar surface area (TPSA) is 54.0 Å². The first-order chi connectivity index (χ1) is 12.6. The van der Waals surface area contributed by atoms with E-state index in [1.807, 2.05) is 43.3 Å². The van der Waals surface area contributed by atoms with E-state index in [-0.39, 0.29) is 5.91 Å². The van der Waals surface area contributed by atoms with Crippen molar-refractivity contribution in [2.75, 3.05) is 10.6 Å². The van der Waals surface area contributed by atoms with E-state index in [2.05, 4.69) is 46.8 Å². The lowest BCUT2D eigenvalue weighted by molar-refractivity contribution is -0.115. The molecule has 2 N–H and O–H groups in total. The Kier molecular flexibility index (Phi) is 5.64. The summed E-state index contributed by atoms with van der Waals surface area (Å²) in [5.74, 6) is 0.490. The van der Waals surface area contributed by atoms with Gasteiger partial charge in [-0.25, -0.2) is 4.98 Å². The lowest BCUT2D eigenvalue weighted by Gasteiger charge is -2.08. The highest BCUT2D eigenvalue weighted by molar-refractivity contribution is 5.91. The summed E-state index contributed by atoms with van der Waals surface area (Å²) in [7, 11) is 0. The average Bonchev–Trinajstić information content (AvgIpc) is 2.64. The van der Waals surface area contributed by atoms with Gasteiger partial charge in [-0.2, -0.15) is 0 Å². The number of rotatable bonds is 6. The maximum Gasteiger partial charge on any atom is 0.229 e. The van der Waals surface area contributed by atoms with Gasteiger partial charge in [-0.1, -0.05) is 59.7 Å². The third-order valence-corrected chi connectivity index (χ3v) is 4.13. The average molecular weight is 345 g/mol. The summed E-state index contributed by atoms with van der Waals surface area (Å²) < 4.78 is 0. The first kappa shape index (κ1) is 17.7. The van der Waals surface area contributed by atoms with Gasteiger partial charge >= 0.3 is 0 Å². The van der Waals surface area contributed by atoms with Crippen LogP contribution in [0.4, 0.5) is 11.5 Å². The number of carbonyl (C=O) groups excluding carboxylic acids is 1. The fraction of sp³-hybridized carbons (Fsp3) is 0.182. The van der Waals surface area contributed by atoms with Crippen molar-refractivity contribution in [3.05, 3.63) is 89.1 Å². The van der Waals surface area contributed by atoms with E-state index in [0.29, 0.717) is 12.2 Å². The quantitative estimate of drug-likeness (QED) is 0.692. The van der Waals surface area contributed by atoms with Gasteiger partial charge in [0.2, 0.25) is 5.91 Å². The van der Waals surface area contributed by atoms with Crippen molar-refractivity contribution in [3.8, 4) is 0 Å². The molecule has 4 heteroatoms. The Hall–Kier alpha value is -3.14. The van der Waals surface area contributed by atoms with Crippen molar-refractivity contribution in [1.82, 2.24) is 4.98 Å². The van der Waals surface area contributed by atoms with E-state index in [1.165, 1.54) is 16.7 Å². The molecule has 3 rings (SSSR count). The maximum absolute atomic E-state index is 12.1. The second-order valence-electron chi connectivity index (χ2n) is 6.48. The predicted molar refractivity (Wildman–Crippen MR) is 106 cm³/mol. The molecule has 0 saturated heterocycles. The Morgan fingerprint density at radius 2 is 1.46 bits per heavy atom. The van der Waals surface area contributed by atoms with Crippen molar-refractivity contribution in [2.45, 2.75) is 26.8 Å². The Balaban J connectivity index is 1.51. The molecule has 1 aromatic heterocycles. The zero-order chi connectivity index (χ0) is 18.4. The molecular weight excluding hydrogens is 322 g/mol. The maximum atomic E-state index is 12.1. The van der Waals surface area contributed by atoms with Gasteiger partial charge in [-0.15, -0.1) is 0 Å². The standard InChI is InChI=1S/C22H23N3O/c1-16-3-7-18(8-4-16)13-22(26)25-21-12-11-20(15-24-21)23-14-19-9-5-17(2)6-10-19/h3-12,15,23H,13-14H2,1-2H3,(H,24,25,26). The van der Waals surface area contributed by atoms with Gasteiger partial charge in [0.05, 0.1) is 18.3 Å². The lowest BCUT2D eigenvalue weighted by atomic mass is 10.1. The Bertz CT molecular complexity index is 853. The Labute approximate surface area is 154 Å². The summed E-state index contributed by atoms with van der Waals surface area (Å²) in [6.45, 7) is 4.84. The summed E-state index contributed by atoms with van der Waals surface area (Å²) >= 11 is 0. The predicted octanol–water partition coefficient (Wildman–Crippen LogP) is 4.49. The third kappa shape index (κ3) is 5.18. The zero-order valence-electron chi connectivity index (χ0n) is 15.1. The molecule has 0 aliphatic heterocycles. The molecule has 132 valence electrons. The molecule has 0 atom stereocenters. The second kappa shape index (κ2) is 8.30. The molecule has 0 spiro atoms. The van der Waals surface area contributed by atoms with Crippen LogP contribution in [-0.4, -0.2) is 10.9 Å². The van der Waals surface area contributed by atoms with Crippen LogP contribution < -0.4 is 10.6 Å². The normalized spacial score (nSPS) is 10.4. The number of anilines is 2.